The van der Waals surface area contributed by atoms with Crippen LogP contribution in [0.1, 0.15) is 12.5 Å². The molecule has 2 aromatic rings. The zero-order valence-electron chi connectivity index (χ0n) is 10.4. The first-order chi connectivity index (χ1) is 9.08. The van der Waals surface area contributed by atoms with Gasteiger partial charge < -0.3 is 20.7 Å². The molecule has 0 aliphatic carbocycles. The predicted molar refractivity (Wildman–Crippen MR) is 70.8 cm³/mol. The number of hydrogen-bond donors (Lipinski definition) is 4. The molecule has 2 rings (SSSR count). The fraction of sp³-hybridized carbons (Fsp3) is 0.231. The molecule has 1 aromatic carbocycles. The van der Waals surface area contributed by atoms with E-state index in [-0.39, 0.29) is 5.91 Å². The summed E-state index contributed by atoms with van der Waals surface area (Å²) in [5.74, 6) is -0.352. The van der Waals surface area contributed by atoms with E-state index in [2.05, 4.69) is 15.6 Å². The molecule has 0 bridgehead atoms. The number of amides is 2. The van der Waals surface area contributed by atoms with Crippen molar-refractivity contribution in [2.24, 2.45) is 0 Å². The second-order valence-corrected chi connectivity index (χ2v) is 4.25. The minimum atomic E-state index is -1.21. The van der Waals surface area contributed by atoms with E-state index in [4.69, 9.17) is 5.11 Å². The molecule has 1 aromatic heterocycles. The summed E-state index contributed by atoms with van der Waals surface area (Å²) in [6.45, 7) is 1.86. The van der Waals surface area contributed by atoms with E-state index in [1.54, 1.807) is 0 Å². The Labute approximate surface area is 109 Å². The molecule has 0 aliphatic heterocycles. The molecule has 0 saturated carbocycles. The lowest BCUT2D eigenvalue weighted by molar-refractivity contribution is -0.122. The number of aromatic amines is 1. The molecule has 0 fully saturated rings. The van der Waals surface area contributed by atoms with Crippen LogP contribution in [0.25, 0.3) is 10.9 Å². The summed E-state index contributed by atoms with van der Waals surface area (Å²) in [5.41, 5.74) is 1.98. The highest BCUT2D eigenvalue weighted by Crippen LogP contribution is 2.16. The van der Waals surface area contributed by atoms with Gasteiger partial charge in [0.15, 0.2) is 0 Å². The molecule has 6 nitrogen and oxygen atoms in total. The molecule has 1 atom stereocenters. The van der Waals surface area contributed by atoms with Gasteiger partial charge in [-0.2, -0.15) is 0 Å². The van der Waals surface area contributed by atoms with Gasteiger partial charge in [-0.05, 0) is 24.6 Å². The van der Waals surface area contributed by atoms with Gasteiger partial charge in [-0.25, -0.2) is 4.79 Å². The van der Waals surface area contributed by atoms with Gasteiger partial charge in [0, 0.05) is 23.6 Å². The average Bonchev–Trinajstić information content (AvgIpc) is 2.83. The third-order valence-corrected chi connectivity index (χ3v) is 2.87. The third-order valence-electron chi connectivity index (χ3n) is 2.87. The van der Waals surface area contributed by atoms with Crippen LogP contribution in [0.15, 0.2) is 30.5 Å². The van der Waals surface area contributed by atoms with Crippen LogP contribution in [-0.2, 0) is 11.3 Å². The van der Waals surface area contributed by atoms with Crippen LogP contribution in [0.3, 0.4) is 0 Å². The largest absolute Gasteiger partial charge is 0.465 e. The zero-order chi connectivity index (χ0) is 13.8. The molecular formula is C13H15N3O3. The lowest BCUT2D eigenvalue weighted by atomic mass is 10.1. The van der Waals surface area contributed by atoms with Crippen molar-refractivity contribution in [1.82, 2.24) is 15.6 Å². The number of carbonyl (C=O) groups excluding carboxylic acids is 1. The molecule has 2 amide bonds. The number of H-pyrrole nitrogens is 1. The number of carbonyl (C=O) groups is 2. The Morgan fingerprint density at radius 3 is 2.89 bits per heavy atom. The van der Waals surface area contributed by atoms with Crippen LogP contribution in [0.4, 0.5) is 4.79 Å². The summed E-state index contributed by atoms with van der Waals surface area (Å²) in [6.07, 6.45) is 0.625. The lowest BCUT2D eigenvalue weighted by Gasteiger charge is -2.12. The fourth-order valence-electron chi connectivity index (χ4n) is 1.89. The van der Waals surface area contributed by atoms with E-state index in [1.165, 1.54) is 6.92 Å². The summed E-state index contributed by atoms with van der Waals surface area (Å²) < 4.78 is 0. The van der Waals surface area contributed by atoms with Crippen molar-refractivity contribution in [3.05, 3.63) is 36.0 Å². The number of benzene rings is 1. The number of carboxylic acid groups (broad SMARTS) is 1. The Bertz CT molecular complexity index is 606. The highest BCUT2D eigenvalue weighted by Gasteiger charge is 2.14. The standard InChI is InChI=1S/C13H15N3O3/c1-8(16-13(18)19)12(17)15-7-9-3-2-4-11-10(9)5-6-14-11/h2-6,8,14,16H,7H2,1H3,(H,15,17)(H,18,19). The number of fused-ring (bicyclic) bond motifs is 1. The number of aromatic nitrogens is 1. The fourth-order valence-corrected chi connectivity index (χ4v) is 1.89. The van der Waals surface area contributed by atoms with Crippen molar-refractivity contribution in [2.45, 2.75) is 19.5 Å². The Hall–Kier alpha value is -2.50. The highest BCUT2D eigenvalue weighted by molar-refractivity contribution is 5.86. The Kier molecular flexibility index (Phi) is 3.70. The van der Waals surface area contributed by atoms with Crippen LogP contribution in [0.2, 0.25) is 0 Å². The molecule has 1 heterocycles. The first kappa shape index (κ1) is 12.9. The molecule has 0 aliphatic rings. The first-order valence-electron chi connectivity index (χ1n) is 5.90. The van der Waals surface area contributed by atoms with Gasteiger partial charge >= 0.3 is 6.09 Å². The highest BCUT2D eigenvalue weighted by atomic mass is 16.4. The average molecular weight is 261 g/mol. The Balaban J connectivity index is 2.00. The van der Waals surface area contributed by atoms with E-state index in [1.807, 2.05) is 30.5 Å². The van der Waals surface area contributed by atoms with Crippen LogP contribution >= 0.6 is 0 Å². The molecule has 0 spiro atoms. The SMILES string of the molecule is CC(NC(=O)O)C(=O)NCc1cccc2[nH]ccc12. The van der Waals surface area contributed by atoms with Crippen LogP contribution in [0, 0.1) is 0 Å². The maximum absolute atomic E-state index is 11.7. The van der Waals surface area contributed by atoms with Crippen molar-refractivity contribution < 1.29 is 14.7 Å². The number of rotatable bonds is 4. The van der Waals surface area contributed by atoms with Crippen molar-refractivity contribution in [3.8, 4) is 0 Å². The first-order valence-corrected chi connectivity index (χ1v) is 5.90. The minimum Gasteiger partial charge on any atom is -0.465 e. The van der Waals surface area contributed by atoms with Gasteiger partial charge in [0.2, 0.25) is 5.91 Å². The summed E-state index contributed by atoms with van der Waals surface area (Å²) in [5, 5.41) is 14.4. The van der Waals surface area contributed by atoms with Gasteiger partial charge in [-0.1, -0.05) is 12.1 Å². The van der Waals surface area contributed by atoms with E-state index in [9.17, 15) is 9.59 Å². The van der Waals surface area contributed by atoms with Crippen molar-refractivity contribution in [1.29, 1.82) is 0 Å². The van der Waals surface area contributed by atoms with E-state index < -0.39 is 12.1 Å². The summed E-state index contributed by atoms with van der Waals surface area (Å²) in [6, 6.07) is 6.94. The van der Waals surface area contributed by atoms with E-state index >= 15 is 0 Å². The number of hydrogen-bond acceptors (Lipinski definition) is 2. The smallest absolute Gasteiger partial charge is 0.405 e. The van der Waals surface area contributed by atoms with Crippen molar-refractivity contribution >= 4 is 22.9 Å². The molecule has 100 valence electrons. The topological polar surface area (TPSA) is 94.2 Å². The zero-order valence-corrected chi connectivity index (χ0v) is 10.4. The van der Waals surface area contributed by atoms with E-state index in [0.29, 0.717) is 6.54 Å². The van der Waals surface area contributed by atoms with Crippen LogP contribution < -0.4 is 10.6 Å². The van der Waals surface area contributed by atoms with Crippen molar-refractivity contribution in [3.63, 3.8) is 0 Å². The number of nitrogens with one attached hydrogen (secondary N) is 3. The molecule has 6 heteroatoms. The van der Waals surface area contributed by atoms with E-state index in [0.717, 1.165) is 16.5 Å². The summed E-state index contributed by atoms with van der Waals surface area (Å²) >= 11 is 0. The lowest BCUT2D eigenvalue weighted by Crippen LogP contribution is -2.44. The molecule has 0 radical (unpaired) electrons. The molecule has 0 saturated heterocycles. The normalized spacial score (nSPS) is 12.1. The predicted octanol–water partition coefficient (Wildman–Crippen LogP) is 1.44. The quantitative estimate of drug-likeness (QED) is 0.670. The van der Waals surface area contributed by atoms with Gasteiger partial charge in [0.05, 0.1) is 0 Å². The van der Waals surface area contributed by atoms with Crippen LogP contribution in [-0.4, -0.2) is 28.1 Å². The van der Waals surface area contributed by atoms with Gasteiger partial charge in [0.25, 0.3) is 0 Å². The minimum absolute atomic E-state index is 0.352. The Morgan fingerprint density at radius 2 is 2.16 bits per heavy atom. The monoisotopic (exact) mass is 261 g/mol. The third kappa shape index (κ3) is 3.04. The molecule has 19 heavy (non-hydrogen) atoms. The summed E-state index contributed by atoms with van der Waals surface area (Å²) in [7, 11) is 0. The van der Waals surface area contributed by atoms with Gasteiger partial charge in [0.1, 0.15) is 6.04 Å². The van der Waals surface area contributed by atoms with Gasteiger partial charge in [-0.3, -0.25) is 4.79 Å². The van der Waals surface area contributed by atoms with Crippen molar-refractivity contribution in [2.75, 3.05) is 0 Å². The maximum Gasteiger partial charge on any atom is 0.405 e. The molecule has 4 N–H and O–H groups in total. The maximum atomic E-state index is 11.7. The van der Waals surface area contributed by atoms with Crippen LogP contribution in [0.5, 0.6) is 0 Å². The van der Waals surface area contributed by atoms with Gasteiger partial charge in [-0.15, -0.1) is 0 Å². The second-order valence-electron chi connectivity index (χ2n) is 4.25. The molecule has 1 unspecified atom stereocenters. The molecular weight excluding hydrogens is 246 g/mol. The second kappa shape index (κ2) is 5.43. The summed E-state index contributed by atoms with van der Waals surface area (Å²) in [4.78, 5) is 25.2. The Morgan fingerprint density at radius 1 is 1.37 bits per heavy atom.